The summed E-state index contributed by atoms with van der Waals surface area (Å²) in [5, 5.41) is 30.8. The number of carbonyl (C=O) groups is 1. The molecule has 1 amide bonds. The van der Waals surface area contributed by atoms with Crippen LogP contribution >= 0.6 is 0 Å². The number of aromatic nitrogens is 2. The van der Waals surface area contributed by atoms with Crippen molar-refractivity contribution < 1.29 is 24.1 Å². The molecule has 0 fully saturated rings. The van der Waals surface area contributed by atoms with Gasteiger partial charge >= 0.3 is 11.6 Å². The van der Waals surface area contributed by atoms with E-state index in [1.54, 1.807) is 6.07 Å². The van der Waals surface area contributed by atoms with E-state index in [4.69, 9.17) is 9.47 Å². The maximum atomic E-state index is 12.6. The maximum absolute atomic E-state index is 12.6. The standard InChI is InChI=1S/C19H17N5O7/c1-10-4-5-11(2)15(6-10)31-14-8-12(7-13(9-14)23(26)27)20-18(25)16-17(24(28)29)19(30-3)22-21-16/h4-9H,1-3H3,(H,20,25)(H,21,22). The molecule has 1 heterocycles. The molecule has 0 aliphatic rings. The molecule has 0 bridgehead atoms. The van der Waals surface area contributed by atoms with E-state index in [0.717, 1.165) is 17.2 Å². The van der Waals surface area contributed by atoms with Gasteiger partial charge in [0, 0.05) is 12.1 Å². The first-order valence-electron chi connectivity index (χ1n) is 8.82. The highest BCUT2D eigenvalue weighted by molar-refractivity contribution is 6.06. The Morgan fingerprint density at radius 3 is 2.48 bits per heavy atom. The van der Waals surface area contributed by atoms with E-state index in [2.05, 4.69) is 15.5 Å². The van der Waals surface area contributed by atoms with Gasteiger partial charge in [-0.15, -0.1) is 5.10 Å². The molecule has 1 aromatic heterocycles. The van der Waals surface area contributed by atoms with Crippen LogP contribution < -0.4 is 14.8 Å². The van der Waals surface area contributed by atoms with Crippen molar-refractivity contribution in [3.63, 3.8) is 0 Å². The number of nitrogens with one attached hydrogen (secondary N) is 2. The largest absolute Gasteiger partial charge is 0.475 e. The van der Waals surface area contributed by atoms with Crippen LogP contribution in [0.4, 0.5) is 17.1 Å². The molecule has 12 heteroatoms. The third-order valence-corrected chi connectivity index (χ3v) is 4.24. The highest BCUT2D eigenvalue weighted by Crippen LogP contribution is 2.33. The number of H-pyrrole nitrogens is 1. The van der Waals surface area contributed by atoms with E-state index in [1.165, 1.54) is 19.2 Å². The molecule has 0 saturated heterocycles. The minimum atomic E-state index is -0.930. The van der Waals surface area contributed by atoms with Gasteiger partial charge in [-0.05, 0) is 31.0 Å². The molecule has 2 N–H and O–H groups in total. The summed E-state index contributed by atoms with van der Waals surface area (Å²) >= 11 is 0. The van der Waals surface area contributed by atoms with Gasteiger partial charge in [0.1, 0.15) is 11.5 Å². The van der Waals surface area contributed by atoms with Crippen molar-refractivity contribution in [2.75, 3.05) is 12.4 Å². The van der Waals surface area contributed by atoms with Gasteiger partial charge in [0.15, 0.2) is 0 Å². The summed E-state index contributed by atoms with van der Waals surface area (Å²) in [6.07, 6.45) is 0. The normalized spacial score (nSPS) is 10.4. The first-order chi connectivity index (χ1) is 14.7. The zero-order chi connectivity index (χ0) is 22.7. The predicted molar refractivity (Wildman–Crippen MR) is 109 cm³/mol. The summed E-state index contributed by atoms with van der Waals surface area (Å²) in [5.41, 5.74) is 0.280. The summed E-state index contributed by atoms with van der Waals surface area (Å²) in [6.45, 7) is 3.69. The van der Waals surface area contributed by atoms with E-state index in [-0.39, 0.29) is 23.0 Å². The maximum Gasteiger partial charge on any atom is 0.362 e. The van der Waals surface area contributed by atoms with Crippen molar-refractivity contribution >= 4 is 23.0 Å². The van der Waals surface area contributed by atoms with Crippen LogP contribution in [0.25, 0.3) is 0 Å². The van der Waals surface area contributed by atoms with Crippen LogP contribution in [0.3, 0.4) is 0 Å². The molecule has 0 atom stereocenters. The quantitative estimate of drug-likeness (QED) is 0.423. The minimum Gasteiger partial charge on any atom is -0.475 e. The van der Waals surface area contributed by atoms with Gasteiger partial charge in [0.25, 0.3) is 11.6 Å². The second kappa shape index (κ2) is 8.49. The lowest BCUT2D eigenvalue weighted by atomic mass is 10.1. The van der Waals surface area contributed by atoms with Gasteiger partial charge in [-0.3, -0.25) is 30.1 Å². The number of benzene rings is 2. The van der Waals surface area contributed by atoms with E-state index >= 15 is 0 Å². The Labute approximate surface area is 175 Å². The number of nitrogens with zero attached hydrogens (tertiary/aromatic N) is 3. The molecule has 3 rings (SSSR count). The molecule has 3 aromatic rings. The number of rotatable bonds is 7. The molecule has 0 aliphatic carbocycles. The minimum absolute atomic E-state index is 0.00220. The lowest BCUT2D eigenvalue weighted by molar-refractivity contribution is -0.386. The van der Waals surface area contributed by atoms with Crippen molar-refractivity contribution in [1.82, 2.24) is 10.2 Å². The van der Waals surface area contributed by atoms with E-state index in [9.17, 15) is 25.0 Å². The van der Waals surface area contributed by atoms with Crippen molar-refractivity contribution in [2.24, 2.45) is 0 Å². The van der Waals surface area contributed by atoms with Gasteiger partial charge < -0.3 is 14.8 Å². The number of hydrogen-bond acceptors (Lipinski definition) is 8. The Kier molecular flexibility index (Phi) is 5.81. The first kappa shape index (κ1) is 21.2. The summed E-state index contributed by atoms with van der Waals surface area (Å²) in [7, 11) is 1.17. The van der Waals surface area contributed by atoms with E-state index < -0.39 is 27.1 Å². The number of methoxy groups -OCH3 is 1. The average molecular weight is 427 g/mol. The molecule has 0 saturated carbocycles. The zero-order valence-electron chi connectivity index (χ0n) is 16.7. The monoisotopic (exact) mass is 427 g/mol. The summed E-state index contributed by atoms with van der Waals surface area (Å²) in [5.74, 6) is -0.699. The number of anilines is 1. The Morgan fingerprint density at radius 1 is 1.10 bits per heavy atom. The van der Waals surface area contributed by atoms with Gasteiger partial charge in [0.05, 0.1) is 28.7 Å². The molecule has 0 radical (unpaired) electrons. The predicted octanol–water partition coefficient (Wildman–Crippen LogP) is 3.90. The lowest BCUT2D eigenvalue weighted by Crippen LogP contribution is -2.14. The molecule has 31 heavy (non-hydrogen) atoms. The van der Waals surface area contributed by atoms with Crippen LogP contribution in [0.5, 0.6) is 17.4 Å². The second-order valence-corrected chi connectivity index (χ2v) is 6.51. The average Bonchev–Trinajstić information content (AvgIpc) is 3.15. The lowest BCUT2D eigenvalue weighted by Gasteiger charge is -2.11. The first-order valence-corrected chi connectivity index (χ1v) is 8.82. The smallest absolute Gasteiger partial charge is 0.362 e. The van der Waals surface area contributed by atoms with Crippen molar-refractivity contribution in [3.05, 3.63) is 73.4 Å². The molecule has 2 aromatic carbocycles. The van der Waals surface area contributed by atoms with E-state index in [0.29, 0.717) is 5.75 Å². The molecule has 0 unspecified atom stereocenters. The number of amides is 1. The van der Waals surface area contributed by atoms with Gasteiger partial charge in [-0.1, -0.05) is 12.1 Å². The number of ether oxygens (including phenoxy) is 2. The summed E-state index contributed by atoms with van der Waals surface area (Å²) < 4.78 is 10.6. The van der Waals surface area contributed by atoms with Crippen LogP contribution in [0.2, 0.25) is 0 Å². The SMILES string of the molecule is COc1n[nH]c(C(=O)Nc2cc(Oc3cc(C)ccc3C)cc([N+](=O)[O-])c2)c1[N+](=O)[O-]. The van der Waals surface area contributed by atoms with Crippen LogP contribution in [-0.4, -0.2) is 33.1 Å². The summed E-state index contributed by atoms with van der Waals surface area (Å²) in [6, 6.07) is 9.19. The van der Waals surface area contributed by atoms with Gasteiger partial charge in [-0.25, -0.2) is 0 Å². The van der Waals surface area contributed by atoms with Crippen molar-refractivity contribution in [2.45, 2.75) is 13.8 Å². The number of hydrogen-bond donors (Lipinski definition) is 2. The van der Waals surface area contributed by atoms with Crippen LogP contribution in [-0.2, 0) is 0 Å². The number of nitro benzene ring substituents is 1. The number of aromatic amines is 1. The summed E-state index contributed by atoms with van der Waals surface area (Å²) in [4.78, 5) is 33.7. The fourth-order valence-electron chi connectivity index (χ4n) is 2.75. The molecule has 0 aliphatic heterocycles. The van der Waals surface area contributed by atoms with E-state index in [1.807, 2.05) is 26.0 Å². The van der Waals surface area contributed by atoms with Crippen LogP contribution in [0.15, 0.2) is 36.4 Å². The van der Waals surface area contributed by atoms with Gasteiger partial charge in [-0.2, -0.15) is 0 Å². The Balaban J connectivity index is 1.95. The molecule has 12 nitrogen and oxygen atoms in total. The molecular weight excluding hydrogens is 410 g/mol. The number of non-ortho nitro benzene ring substituents is 1. The zero-order valence-corrected chi connectivity index (χ0v) is 16.7. The number of nitro groups is 2. The fraction of sp³-hybridized carbons (Fsp3) is 0.158. The van der Waals surface area contributed by atoms with Crippen LogP contribution in [0.1, 0.15) is 21.6 Å². The Morgan fingerprint density at radius 2 is 1.84 bits per heavy atom. The van der Waals surface area contributed by atoms with Crippen molar-refractivity contribution in [3.8, 4) is 17.4 Å². The third-order valence-electron chi connectivity index (χ3n) is 4.24. The topological polar surface area (TPSA) is 163 Å². The third kappa shape index (κ3) is 4.58. The molecule has 0 spiro atoms. The Bertz CT molecular complexity index is 1190. The highest BCUT2D eigenvalue weighted by Gasteiger charge is 2.30. The van der Waals surface area contributed by atoms with Crippen molar-refractivity contribution in [1.29, 1.82) is 0 Å². The molecule has 160 valence electrons. The highest BCUT2D eigenvalue weighted by atomic mass is 16.6. The van der Waals surface area contributed by atoms with Crippen LogP contribution in [0, 0.1) is 34.1 Å². The van der Waals surface area contributed by atoms with Gasteiger partial charge in [0.2, 0.25) is 5.69 Å². The number of aryl methyl sites for hydroxylation is 2. The number of carbonyl (C=O) groups excluding carboxylic acids is 1. The Hall–Kier alpha value is -4.48. The molecular formula is C19H17N5O7. The second-order valence-electron chi connectivity index (χ2n) is 6.51. The fourth-order valence-corrected chi connectivity index (χ4v) is 2.75.